The Kier molecular flexibility index (Phi) is 5.56. The number of ether oxygens (including phenoxy) is 1. The van der Waals surface area contributed by atoms with E-state index in [0.717, 1.165) is 24.7 Å². The number of hydrogen-bond acceptors (Lipinski definition) is 3. The van der Waals surface area contributed by atoms with Gasteiger partial charge in [-0.2, -0.15) is 5.10 Å². The van der Waals surface area contributed by atoms with Gasteiger partial charge in [-0.05, 0) is 28.8 Å². The third-order valence-corrected chi connectivity index (χ3v) is 4.89. The first-order valence-electron chi connectivity index (χ1n) is 9.55. The minimum atomic E-state index is 0.128. The molecule has 6 heteroatoms. The lowest BCUT2D eigenvalue weighted by Crippen LogP contribution is -2.42. The molecule has 28 heavy (non-hydrogen) atoms. The number of aliphatic imine (C=N–C) groups is 1. The number of guanidine groups is 1. The summed E-state index contributed by atoms with van der Waals surface area (Å²) in [6.45, 7) is 2.16. The Morgan fingerprint density at radius 1 is 1.11 bits per heavy atom. The van der Waals surface area contributed by atoms with Crippen molar-refractivity contribution in [2.45, 2.75) is 25.6 Å². The van der Waals surface area contributed by atoms with E-state index in [4.69, 9.17) is 4.74 Å². The van der Waals surface area contributed by atoms with E-state index in [2.05, 4.69) is 57.1 Å². The van der Waals surface area contributed by atoms with Gasteiger partial charge in [-0.15, -0.1) is 0 Å². The van der Waals surface area contributed by atoms with Crippen molar-refractivity contribution in [3.8, 4) is 5.75 Å². The Bertz CT molecular complexity index is 911. The van der Waals surface area contributed by atoms with Gasteiger partial charge in [-0.3, -0.25) is 9.67 Å². The number of nitrogens with zero attached hydrogens (tertiary/aromatic N) is 3. The van der Waals surface area contributed by atoms with Crippen LogP contribution in [-0.2, 0) is 19.5 Å². The zero-order chi connectivity index (χ0) is 19.2. The number of nitrogens with one attached hydrogen (secondary N) is 2. The quantitative estimate of drug-likeness (QED) is 0.514. The Hall–Kier alpha value is -3.28. The molecule has 1 unspecified atom stereocenters. The molecule has 1 aliphatic heterocycles. The van der Waals surface area contributed by atoms with Gasteiger partial charge >= 0.3 is 0 Å². The second-order valence-electron chi connectivity index (χ2n) is 6.83. The Labute approximate surface area is 165 Å². The summed E-state index contributed by atoms with van der Waals surface area (Å²) in [5, 5.41) is 11.1. The highest BCUT2D eigenvalue weighted by Crippen LogP contribution is 2.27. The second kappa shape index (κ2) is 8.61. The summed E-state index contributed by atoms with van der Waals surface area (Å²) in [6.07, 6.45) is 4.83. The van der Waals surface area contributed by atoms with Crippen LogP contribution in [0.5, 0.6) is 5.75 Å². The molecule has 0 amide bonds. The number of hydrogen-bond donors (Lipinski definition) is 2. The molecular weight excluding hydrogens is 350 g/mol. The first-order chi connectivity index (χ1) is 13.8. The van der Waals surface area contributed by atoms with E-state index in [-0.39, 0.29) is 6.10 Å². The third-order valence-electron chi connectivity index (χ3n) is 4.89. The number of rotatable bonds is 6. The number of fused-ring (bicyclic) bond motifs is 1. The zero-order valence-corrected chi connectivity index (χ0v) is 16.0. The molecule has 6 nitrogen and oxygen atoms in total. The monoisotopic (exact) mass is 375 g/mol. The van der Waals surface area contributed by atoms with E-state index in [1.54, 1.807) is 13.2 Å². The Balaban J connectivity index is 1.31. The highest BCUT2D eigenvalue weighted by molar-refractivity contribution is 5.79. The molecule has 0 saturated carbocycles. The lowest BCUT2D eigenvalue weighted by Gasteiger charge is -2.17. The van der Waals surface area contributed by atoms with Gasteiger partial charge < -0.3 is 15.4 Å². The predicted molar refractivity (Wildman–Crippen MR) is 111 cm³/mol. The van der Waals surface area contributed by atoms with Crippen molar-refractivity contribution in [2.75, 3.05) is 13.6 Å². The van der Waals surface area contributed by atoms with Crippen molar-refractivity contribution in [1.82, 2.24) is 20.4 Å². The van der Waals surface area contributed by atoms with Gasteiger partial charge in [-0.1, -0.05) is 42.5 Å². The maximum Gasteiger partial charge on any atom is 0.191 e. The minimum Gasteiger partial charge on any atom is -0.488 e. The first-order valence-corrected chi connectivity index (χ1v) is 9.55. The molecule has 3 aromatic rings. The van der Waals surface area contributed by atoms with Gasteiger partial charge in [0.25, 0.3) is 0 Å². The van der Waals surface area contributed by atoms with Gasteiger partial charge in [0.05, 0.1) is 13.1 Å². The highest BCUT2D eigenvalue weighted by atomic mass is 16.5. The van der Waals surface area contributed by atoms with Crippen molar-refractivity contribution in [2.24, 2.45) is 4.99 Å². The molecule has 2 aromatic carbocycles. The molecule has 1 aromatic heterocycles. The van der Waals surface area contributed by atoms with E-state index in [1.807, 2.05) is 29.1 Å². The maximum absolute atomic E-state index is 5.99. The largest absolute Gasteiger partial charge is 0.488 e. The van der Waals surface area contributed by atoms with Crippen LogP contribution in [-0.4, -0.2) is 35.4 Å². The van der Waals surface area contributed by atoms with E-state index < -0.39 is 0 Å². The second-order valence-corrected chi connectivity index (χ2v) is 6.83. The molecule has 4 rings (SSSR count). The molecule has 0 radical (unpaired) electrons. The SMILES string of the molecule is CN=C(NCc1ccccc1Cn1cccn1)NCC1Cc2ccccc2O1. The van der Waals surface area contributed by atoms with Crippen LogP contribution in [0, 0.1) is 0 Å². The van der Waals surface area contributed by atoms with Crippen LogP contribution in [0.15, 0.2) is 72.0 Å². The van der Waals surface area contributed by atoms with Gasteiger partial charge in [-0.25, -0.2) is 0 Å². The minimum absolute atomic E-state index is 0.128. The van der Waals surface area contributed by atoms with Crippen LogP contribution in [0.25, 0.3) is 0 Å². The summed E-state index contributed by atoms with van der Waals surface area (Å²) in [7, 11) is 1.79. The van der Waals surface area contributed by atoms with E-state index >= 15 is 0 Å². The van der Waals surface area contributed by atoms with Crippen LogP contribution < -0.4 is 15.4 Å². The van der Waals surface area contributed by atoms with E-state index in [0.29, 0.717) is 13.1 Å². The van der Waals surface area contributed by atoms with Crippen molar-refractivity contribution < 1.29 is 4.74 Å². The molecular formula is C22H25N5O. The summed E-state index contributed by atoms with van der Waals surface area (Å²) in [4.78, 5) is 4.34. The van der Waals surface area contributed by atoms with E-state index in [1.165, 1.54) is 16.7 Å². The van der Waals surface area contributed by atoms with Gasteiger partial charge in [0.2, 0.25) is 0 Å². The molecule has 144 valence electrons. The lowest BCUT2D eigenvalue weighted by atomic mass is 10.1. The molecule has 2 N–H and O–H groups in total. The lowest BCUT2D eigenvalue weighted by molar-refractivity contribution is 0.235. The summed E-state index contributed by atoms with van der Waals surface area (Å²) in [5.74, 6) is 1.76. The van der Waals surface area contributed by atoms with Crippen LogP contribution in [0.2, 0.25) is 0 Å². The number of benzene rings is 2. The van der Waals surface area contributed by atoms with Crippen molar-refractivity contribution >= 4 is 5.96 Å². The molecule has 0 bridgehead atoms. The predicted octanol–water partition coefficient (Wildman–Crippen LogP) is 2.60. The smallest absolute Gasteiger partial charge is 0.191 e. The van der Waals surface area contributed by atoms with Gasteiger partial charge in [0, 0.05) is 32.4 Å². The highest BCUT2D eigenvalue weighted by Gasteiger charge is 2.22. The van der Waals surface area contributed by atoms with Crippen LogP contribution >= 0.6 is 0 Å². The van der Waals surface area contributed by atoms with Crippen LogP contribution in [0.4, 0.5) is 0 Å². The fourth-order valence-corrected chi connectivity index (χ4v) is 3.43. The summed E-state index contributed by atoms with van der Waals surface area (Å²) < 4.78 is 7.92. The fraction of sp³-hybridized carbons (Fsp3) is 0.273. The molecule has 0 saturated heterocycles. The molecule has 1 atom stereocenters. The average Bonchev–Trinajstić information content (AvgIpc) is 3.38. The van der Waals surface area contributed by atoms with Crippen molar-refractivity contribution in [3.05, 3.63) is 83.7 Å². The molecule has 0 aliphatic carbocycles. The average molecular weight is 375 g/mol. The normalized spacial score (nSPS) is 15.8. The number of para-hydroxylation sites is 1. The Morgan fingerprint density at radius 2 is 1.93 bits per heavy atom. The standard InChI is InChI=1S/C22H25N5O/c1-23-22(25-15-20-13-17-7-4-5-10-21(17)28-20)24-14-18-8-2-3-9-19(18)16-27-12-6-11-26-27/h2-12,20H,13-16H2,1H3,(H2,23,24,25). The van der Waals surface area contributed by atoms with Crippen molar-refractivity contribution in [1.29, 1.82) is 0 Å². The third kappa shape index (κ3) is 4.34. The topological polar surface area (TPSA) is 63.5 Å². The van der Waals surface area contributed by atoms with Crippen LogP contribution in [0.3, 0.4) is 0 Å². The van der Waals surface area contributed by atoms with E-state index in [9.17, 15) is 0 Å². The summed E-state index contributed by atoms with van der Waals surface area (Å²) >= 11 is 0. The molecule has 2 heterocycles. The number of aromatic nitrogens is 2. The fourth-order valence-electron chi connectivity index (χ4n) is 3.43. The molecule has 0 spiro atoms. The molecule has 1 aliphatic rings. The Morgan fingerprint density at radius 3 is 2.71 bits per heavy atom. The summed E-state index contributed by atoms with van der Waals surface area (Å²) in [6, 6.07) is 18.5. The zero-order valence-electron chi connectivity index (χ0n) is 16.0. The van der Waals surface area contributed by atoms with Crippen molar-refractivity contribution in [3.63, 3.8) is 0 Å². The first kappa shape index (κ1) is 18.1. The molecule has 0 fully saturated rings. The van der Waals surface area contributed by atoms with Gasteiger partial charge in [0.1, 0.15) is 11.9 Å². The summed E-state index contributed by atoms with van der Waals surface area (Å²) in [5.41, 5.74) is 3.74. The van der Waals surface area contributed by atoms with Gasteiger partial charge in [0.15, 0.2) is 5.96 Å². The van der Waals surface area contributed by atoms with Crippen LogP contribution in [0.1, 0.15) is 16.7 Å². The maximum atomic E-state index is 5.99.